The van der Waals surface area contributed by atoms with Crippen molar-refractivity contribution in [2.75, 3.05) is 49.5 Å². The Hall–Kier alpha value is -1.95. The number of fused-ring (bicyclic) bond motifs is 4. The zero-order chi connectivity index (χ0) is 24.5. The Morgan fingerprint density at radius 2 is 0.971 bits per heavy atom. The van der Waals surface area contributed by atoms with Crippen LogP contribution in [0.3, 0.4) is 0 Å². The van der Waals surface area contributed by atoms with Gasteiger partial charge in [0, 0.05) is 60.9 Å². The van der Waals surface area contributed by atoms with Gasteiger partial charge in [0.25, 0.3) is 0 Å². The van der Waals surface area contributed by atoms with Crippen molar-refractivity contribution in [3.63, 3.8) is 0 Å². The lowest BCUT2D eigenvalue weighted by molar-refractivity contribution is 0.609. The van der Waals surface area contributed by atoms with Gasteiger partial charge in [0.2, 0.25) is 0 Å². The summed E-state index contributed by atoms with van der Waals surface area (Å²) >= 11 is 6.23. The van der Waals surface area contributed by atoms with E-state index in [9.17, 15) is 0 Å². The van der Waals surface area contributed by atoms with Crippen molar-refractivity contribution < 1.29 is 0 Å². The third-order valence-electron chi connectivity index (χ3n) is 7.96. The second kappa shape index (κ2) is 8.29. The molecule has 0 bridgehead atoms. The van der Waals surface area contributed by atoms with Crippen LogP contribution in [0.5, 0.6) is 0 Å². The molecule has 0 spiro atoms. The first-order valence-corrected chi connectivity index (χ1v) is 14.9. The Bertz CT molecular complexity index is 1230. The van der Waals surface area contributed by atoms with Crippen LogP contribution >= 0.6 is 35.3 Å². The summed E-state index contributed by atoms with van der Waals surface area (Å²) in [6.07, 6.45) is 5.03. The SMILES string of the molecule is CN(C)c1ccc(C2=CC3=C4CSCC4=C4C=C(c5ccc(N(C)C)cc5)SC4(C)C3(C)S2)cc1. The van der Waals surface area contributed by atoms with Gasteiger partial charge in [0.05, 0.1) is 9.49 Å². The molecule has 1 aliphatic carbocycles. The average molecular weight is 517 g/mol. The summed E-state index contributed by atoms with van der Waals surface area (Å²) in [6.45, 7) is 4.99. The third-order valence-corrected chi connectivity index (χ3v) is 12.3. The van der Waals surface area contributed by atoms with Crippen LogP contribution in [0.25, 0.3) is 9.81 Å². The molecule has 0 N–H and O–H groups in total. The summed E-state index contributed by atoms with van der Waals surface area (Å²) < 4.78 is 0.0161. The maximum absolute atomic E-state index is 2.52. The Morgan fingerprint density at radius 1 is 0.600 bits per heavy atom. The van der Waals surface area contributed by atoms with Crippen molar-refractivity contribution in [2.24, 2.45) is 0 Å². The van der Waals surface area contributed by atoms with Gasteiger partial charge in [0.1, 0.15) is 0 Å². The molecule has 2 nitrogen and oxygen atoms in total. The molecule has 2 unspecified atom stereocenters. The lowest BCUT2D eigenvalue weighted by Gasteiger charge is -2.47. The van der Waals surface area contributed by atoms with E-state index >= 15 is 0 Å². The first-order valence-electron chi connectivity index (χ1n) is 12.1. The number of hydrogen-bond donors (Lipinski definition) is 0. The number of benzene rings is 2. The van der Waals surface area contributed by atoms with E-state index in [0.717, 1.165) is 11.5 Å². The number of hydrogen-bond acceptors (Lipinski definition) is 5. The molecule has 2 atom stereocenters. The molecule has 6 rings (SSSR count). The van der Waals surface area contributed by atoms with Gasteiger partial charge in [-0.05, 0) is 83.7 Å². The Labute approximate surface area is 222 Å². The van der Waals surface area contributed by atoms with Crippen molar-refractivity contribution >= 4 is 56.5 Å². The Kier molecular flexibility index (Phi) is 5.55. The van der Waals surface area contributed by atoms with Crippen LogP contribution in [0.4, 0.5) is 11.4 Å². The van der Waals surface area contributed by atoms with Crippen molar-refractivity contribution in [1.29, 1.82) is 0 Å². The fourth-order valence-electron chi connectivity index (χ4n) is 5.65. The lowest BCUT2D eigenvalue weighted by atomic mass is 9.72. The number of nitrogens with zero attached hydrogens (tertiary/aromatic N) is 2. The van der Waals surface area contributed by atoms with E-state index in [4.69, 9.17) is 0 Å². The molecule has 0 radical (unpaired) electrons. The molecule has 1 fully saturated rings. The molecule has 0 amide bonds. The zero-order valence-corrected chi connectivity index (χ0v) is 23.8. The topological polar surface area (TPSA) is 6.48 Å². The molecule has 2 aromatic rings. The van der Waals surface area contributed by atoms with Gasteiger partial charge in [-0.3, -0.25) is 0 Å². The van der Waals surface area contributed by atoms with Crippen molar-refractivity contribution in [1.82, 2.24) is 0 Å². The fraction of sp³-hybridized carbons (Fsp3) is 0.333. The Morgan fingerprint density at radius 3 is 1.31 bits per heavy atom. The minimum atomic E-state index is 0.00805. The molecular weight excluding hydrogens is 485 g/mol. The largest absolute Gasteiger partial charge is 0.378 e. The summed E-state index contributed by atoms with van der Waals surface area (Å²) in [7, 11) is 8.40. The van der Waals surface area contributed by atoms with Gasteiger partial charge < -0.3 is 9.80 Å². The minimum Gasteiger partial charge on any atom is -0.378 e. The highest BCUT2D eigenvalue weighted by Crippen LogP contribution is 2.69. The molecule has 0 aromatic heterocycles. The Balaban J connectivity index is 1.41. The van der Waals surface area contributed by atoms with E-state index in [1.165, 1.54) is 32.3 Å². The summed E-state index contributed by atoms with van der Waals surface area (Å²) in [5.74, 6) is 2.27. The smallest absolute Gasteiger partial charge is 0.0619 e. The van der Waals surface area contributed by atoms with Crippen LogP contribution in [-0.2, 0) is 0 Å². The third kappa shape index (κ3) is 3.49. The van der Waals surface area contributed by atoms with Crippen molar-refractivity contribution in [2.45, 2.75) is 23.3 Å². The highest BCUT2D eigenvalue weighted by Gasteiger charge is 2.59. The van der Waals surface area contributed by atoms with Gasteiger partial charge in [0.15, 0.2) is 0 Å². The summed E-state index contributed by atoms with van der Waals surface area (Å²) in [5.41, 5.74) is 11.5. The molecule has 3 heterocycles. The van der Waals surface area contributed by atoms with E-state index in [1.807, 2.05) is 0 Å². The van der Waals surface area contributed by atoms with Crippen LogP contribution in [0.2, 0.25) is 0 Å². The summed E-state index contributed by atoms with van der Waals surface area (Å²) in [4.78, 5) is 7.14. The van der Waals surface area contributed by atoms with Gasteiger partial charge in [-0.2, -0.15) is 11.8 Å². The van der Waals surface area contributed by atoms with Crippen LogP contribution in [0.1, 0.15) is 25.0 Å². The molecule has 35 heavy (non-hydrogen) atoms. The second-order valence-electron chi connectivity index (χ2n) is 10.4. The van der Waals surface area contributed by atoms with E-state index in [-0.39, 0.29) is 9.49 Å². The standard InChI is InChI=1S/C30H32N2S3/c1-29-25(15-27(34-29)19-7-11-21(12-8-19)31(3)4)23-17-33-18-24(23)26-16-28(35-30(26,29)2)20-9-13-22(14-10-20)32(5)6/h7-16H,17-18H2,1-6H3. The number of thioether (sulfide) groups is 3. The average Bonchev–Trinajstić information content (AvgIpc) is 3.55. The van der Waals surface area contributed by atoms with E-state index < -0.39 is 0 Å². The maximum Gasteiger partial charge on any atom is 0.0619 e. The fourth-order valence-corrected chi connectivity index (χ4v) is 10.0. The first kappa shape index (κ1) is 23.4. The van der Waals surface area contributed by atoms with Crippen LogP contribution in [0.15, 0.2) is 83.0 Å². The van der Waals surface area contributed by atoms with Gasteiger partial charge >= 0.3 is 0 Å². The predicted molar refractivity (Wildman–Crippen MR) is 161 cm³/mol. The molecule has 180 valence electrons. The molecule has 4 aliphatic rings. The quantitative estimate of drug-likeness (QED) is 0.412. The number of allylic oxidation sites excluding steroid dienone is 2. The second-order valence-corrected chi connectivity index (χ2v) is 14.4. The molecule has 1 saturated heterocycles. The van der Waals surface area contributed by atoms with Crippen LogP contribution < -0.4 is 9.80 Å². The molecule has 5 heteroatoms. The molecule has 2 aromatic carbocycles. The highest BCUT2D eigenvalue weighted by atomic mass is 32.2. The first-order chi connectivity index (χ1) is 16.7. The monoisotopic (exact) mass is 516 g/mol. The van der Waals surface area contributed by atoms with Gasteiger partial charge in [-0.1, -0.05) is 24.3 Å². The maximum atomic E-state index is 2.52. The van der Waals surface area contributed by atoms with Crippen molar-refractivity contribution in [3.8, 4) is 0 Å². The zero-order valence-electron chi connectivity index (χ0n) is 21.3. The highest BCUT2D eigenvalue weighted by molar-refractivity contribution is 8.14. The summed E-state index contributed by atoms with van der Waals surface area (Å²) in [5, 5.41) is 0. The molecular formula is C30H32N2S3. The predicted octanol–water partition coefficient (Wildman–Crippen LogP) is 7.57. The molecule has 0 saturated carbocycles. The van der Waals surface area contributed by atoms with E-state index in [0.29, 0.717) is 0 Å². The van der Waals surface area contributed by atoms with Crippen LogP contribution in [0, 0.1) is 0 Å². The summed E-state index contributed by atoms with van der Waals surface area (Å²) in [6, 6.07) is 18.1. The normalized spacial score (nSPS) is 26.9. The van der Waals surface area contributed by atoms with E-state index in [2.05, 4.69) is 148 Å². The van der Waals surface area contributed by atoms with Gasteiger partial charge in [-0.15, -0.1) is 23.5 Å². The van der Waals surface area contributed by atoms with Crippen molar-refractivity contribution in [3.05, 3.63) is 94.1 Å². The number of rotatable bonds is 4. The molecule has 3 aliphatic heterocycles. The lowest BCUT2D eigenvalue weighted by Crippen LogP contribution is -2.47. The number of anilines is 2. The minimum absolute atomic E-state index is 0.00805. The van der Waals surface area contributed by atoms with Gasteiger partial charge in [-0.25, -0.2) is 0 Å². The van der Waals surface area contributed by atoms with Crippen LogP contribution in [-0.4, -0.2) is 49.2 Å². The van der Waals surface area contributed by atoms with E-state index in [1.54, 1.807) is 22.3 Å².